The maximum atomic E-state index is 13.2. The number of carbonyl (C=O) groups is 1. The summed E-state index contributed by atoms with van der Waals surface area (Å²) in [6, 6.07) is 5.59. The molecule has 1 amide bonds. The lowest BCUT2D eigenvalue weighted by atomic mass is 10.1. The Balaban J connectivity index is 1.87. The fourth-order valence-electron chi connectivity index (χ4n) is 2.79. The Hall–Kier alpha value is -3.34. The largest absolute Gasteiger partial charge is 0.416 e. The summed E-state index contributed by atoms with van der Waals surface area (Å²) in [7, 11) is 0. The smallest absolute Gasteiger partial charge is 0.326 e. The molecule has 11 heteroatoms. The van der Waals surface area contributed by atoms with Crippen molar-refractivity contribution < 1.29 is 26.7 Å². The van der Waals surface area contributed by atoms with Gasteiger partial charge in [-0.05, 0) is 36.2 Å². The number of pyridine rings is 1. The molecule has 2 heterocycles. The topological polar surface area (TPSA) is 96.7 Å². The number of hydrogen-bond donors (Lipinski definition) is 3. The zero-order chi connectivity index (χ0) is 22.1. The van der Waals surface area contributed by atoms with E-state index in [1.807, 2.05) is 0 Å². The molecule has 0 saturated heterocycles. The number of aromatic amines is 1. The summed E-state index contributed by atoms with van der Waals surface area (Å²) in [6.07, 6.45) is -6.27. The lowest BCUT2D eigenvalue weighted by Gasteiger charge is -2.09. The van der Waals surface area contributed by atoms with E-state index in [1.54, 1.807) is 6.92 Å². The molecule has 158 valence electrons. The number of alkyl halides is 5. The molecule has 0 spiro atoms. The first kappa shape index (κ1) is 21.4. The van der Waals surface area contributed by atoms with Gasteiger partial charge in [0.2, 0.25) is 5.95 Å². The highest BCUT2D eigenvalue weighted by Gasteiger charge is 2.30. The van der Waals surface area contributed by atoms with E-state index in [4.69, 9.17) is 5.73 Å². The Morgan fingerprint density at radius 3 is 2.47 bits per heavy atom. The number of benzene rings is 1. The van der Waals surface area contributed by atoms with Crippen LogP contribution >= 0.6 is 0 Å². The van der Waals surface area contributed by atoms with Gasteiger partial charge < -0.3 is 10.7 Å². The number of hydrogen-bond acceptors (Lipinski definition) is 4. The number of nitrogens with zero attached hydrogens (tertiary/aromatic N) is 2. The molecule has 0 bridgehead atoms. The minimum atomic E-state index is -4.46. The molecule has 2 aromatic heterocycles. The number of anilines is 1. The quantitative estimate of drug-likeness (QED) is 0.527. The molecule has 0 unspecified atom stereocenters. The van der Waals surface area contributed by atoms with Gasteiger partial charge in [-0.3, -0.25) is 15.1 Å². The van der Waals surface area contributed by atoms with Crippen LogP contribution in [0.1, 0.15) is 39.3 Å². The summed E-state index contributed by atoms with van der Waals surface area (Å²) in [6.45, 7) is 1.59. The highest BCUT2D eigenvalue weighted by Crippen LogP contribution is 2.31. The molecule has 6 nitrogen and oxygen atoms in total. The minimum Gasteiger partial charge on any atom is -0.326 e. The van der Waals surface area contributed by atoms with E-state index < -0.39 is 29.8 Å². The third-order valence-electron chi connectivity index (χ3n) is 4.28. The Kier molecular flexibility index (Phi) is 5.83. The van der Waals surface area contributed by atoms with E-state index in [-0.39, 0.29) is 18.1 Å². The molecular weight excluding hydrogens is 409 g/mol. The Labute approximate surface area is 167 Å². The number of amides is 1. The van der Waals surface area contributed by atoms with Crippen molar-refractivity contribution in [2.75, 3.05) is 5.32 Å². The lowest BCUT2D eigenvalue weighted by molar-refractivity contribution is -0.137. The first-order valence-electron chi connectivity index (χ1n) is 8.62. The summed E-state index contributed by atoms with van der Waals surface area (Å²) >= 11 is 0. The molecule has 30 heavy (non-hydrogen) atoms. The van der Waals surface area contributed by atoms with E-state index >= 15 is 0 Å². The second-order valence-corrected chi connectivity index (χ2v) is 6.36. The second-order valence-electron chi connectivity index (χ2n) is 6.36. The van der Waals surface area contributed by atoms with Crippen molar-refractivity contribution in [1.29, 1.82) is 0 Å². The van der Waals surface area contributed by atoms with Gasteiger partial charge in [0, 0.05) is 12.7 Å². The molecule has 0 aliphatic rings. The van der Waals surface area contributed by atoms with E-state index in [0.717, 1.165) is 18.3 Å². The molecule has 3 rings (SSSR count). The van der Waals surface area contributed by atoms with Crippen LogP contribution in [0.25, 0.3) is 11.3 Å². The van der Waals surface area contributed by atoms with E-state index in [9.17, 15) is 26.7 Å². The van der Waals surface area contributed by atoms with Gasteiger partial charge in [-0.15, -0.1) is 0 Å². The summed E-state index contributed by atoms with van der Waals surface area (Å²) in [5, 5.41) is 2.37. The number of aryl methyl sites for hydroxylation is 1. The van der Waals surface area contributed by atoms with Crippen LogP contribution in [-0.2, 0) is 12.7 Å². The number of rotatable bonds is 5. The van der Waals surface area contributed by atoms with Gasteiger partial charge in [0.1, 0.15) is 5.69 Å². The van der Waals surface area contributed by atoms with Crippen LogP contribution in [0.15, 0.2) is 36.5 Å². The number of imidazole rings is 1. The van der Waals surface area contributed by atoms with Crippen LogP contribution in [0.5, 0.6) is 0 Å². The van der Waals surface area contributed by atoms with Gasteiger partial charge in [0.05, 0.1) is 22.5 Å². The molecular formula is C19H16F5N5O. The van der Waals surface area contributed by atoms with Gasteiger partial charge >= 0.3 is 6.18 Å². The van der Waals surface area contributed by atoms with Crippen molar-refractivity contribution in [3.63, 3.8) is 0 Å². The van der Waals surface area contributed by atoms with E-state index in [0.29, 0.717) is 22.5 Å². The molecule has 0 radical (unpaired) electrons. The number of halogens is 5. The molecule has 3 aromatic rings. The number of aromatic nitrogens is 3. The van der Waals surface area contributed by atoms with Gasteiger partial charge in [0.25, 0.3) is 12.3 Å². The average molecular weight is 425 g/mol. The number of nitrogens with two attached hydrogens (primary N) is 1. The number of H-pyrrole nitrogens is 1. The monoisotopic (exact) mass is 425 g/mol. The number of carbonyl (C=O) groups excluding carboxylic acids is 1. The molecule has 0 atom stereocenters. The van der Waals surface area contributed by atoms with Gasteiger partial charge in [-0.2, -0.15) is 13.2 Å². The zero-order valence-electron chi connectivity index (χ0n) is 15.5. The first-order chi connectivity index (χ1) is 14.1. The zero-order valence-corrected chi connectivity index (χ0v) is 15.5. The standard InChI is InChI=1S/C19H16F5N5O/c1-9-14(11-2-4-12(5-3-11)19(22,23)24)28-18(27-9)29-17(30)13-6-10(7-25)8-26-15(13)16(20)21/h2-6,8,16H,7,25H2,1H3,(H2,27,28,29,30). The number of nitrogens with one attached hydrogen (secondary N) is 2. The summed E-state index contributed by atoms with van der Waals surface area (Å²) in [5.74, 6) is -0.924. The maximum Gasteiger partial charge on any atom is 0.416 e. The molecule has 0 saturated carbocycles. The molecule has 0 aliphatic carbocycles. The Bertz CT molecular complexity index is 1060. The fourth-order valence-corrected chi connectivity index (χ4v) is 2.79. The molecule has 4 N–H and O–H groups in total. The Morgan fingerprint density at radius 2 is 1.90 bits per heavy atom. The van der Waals surface area contributed by atoms with Crippen LogP contribution in [0, 0.1) is 6.92 Å². The molecule has 0 fully saturated rings. The van der Waals surface area contributed by atoms with Gasteiger partial charge in [-0.1, -0.05) is 12.1 Å². The Morgan fingerprint density at radius 1 is 1.23 bits per heavy atom. The highest BCUT2D eigenvalue weighted by atomic mass is 19.4. The highest BCUT2D eigenvalue weighted by molar-refractivity contribution is 6.04. The summed E-state index contributed by atoms with van der Waals surface area (Å²) in [4.78, 5) is 23.0. The molecule has 0 aliphatic heterocycles. The van der Waals surface area contributed by atoms with Crippen molar-refractivity contribution in [2.45, 2.75) is 26.1 Å². The minimum absolute atomic E-state index is 0.00866. The summed E-state index contributed by atoms with van der Waals surface area (Å²) in [5.41, 5.74) is 5.20. The third kappa shape index (κ3) is 4.46. The van der Waals surface area contributed by atoms with E-state index in [2.05, 4.69) is 20.3 Å². The van der Waals surface area contributed by atoms with Crippen LogP contribution in [0.3, 0.4) is 0 Å². The summed E-state index contributed by atoms with van der Waals surface area (Å²) < 4.78 is 64.5. The third-order valence-corrected chi connectivity index (χ3v) is 4.28. The average Bonchev–Trinajstić information content (AvgIpc) is 3.06. The van der Waals surface area contributed by atoms with Crippen LogP contribution in [0.2, 0.25) is 0 Å². The predicted molar refractivity (Wildman–Crippen MR) is 98.8 cm³/mol. The second kappa shape index (κ2) is 8.19. The van der Waals surface area contributed by atoms with Gasteiger partial charge in [0.15, 0.2) is 0 Å². The first-order valence-corrected chi connectivity index (χ1v) is 8.62. The van der Waals surface area contributed by atoms with Crippen LogP contribution in [0.4, 0.5) is 27.9 Å². The van der Waals surface area contributed by atoms with Gasteiger partial charge in [-0.25, -0.2) is 13.8 Å². The normalized spacial score (nSPS) is 11.7. The van der Waals surface area contributed by atoms with Crippen LogP contribution < -0.4 is 11.1 Å². The lowest BCUT2D eigenvalue weighted by Crippen LogP contribution is -2.17. The van der Waals surface area contributed by atoms with Crippen molar-refractivity contribution in [3.05, 3.63) is 64.6 Å². The van der Waals surface area contributed by atoms with Crippen LogP contribution in [-0.4, -0.2) is 20.9 Å². The van der Waals surface area contributed by atoms with E-state index in [1.165, 1.54) is 18.2 Å². The van der Waals surface area contributed by atoms with Crippen molar-refractivity contribution in [1.82, 2.24) is 15.0 Å². The van der Waals surface area contributed by atoms with Crippen molar-refractivity contribution in [2.24, 2.45) is 5.73 Å². The predicted octanol–water partition coefficient (Wildman–Crippen LogP) is 4.45. The maximum absolute atomic E-state index is 13.2. The molecule has 1 aromatic carbocycles. The SMILES string of the molecule is Cc1nc(NC(=O)c2cc(CN)cnc2C(F)F)[nH]c1-c1ccc(C(F)(F)F)cc1. The van der Waals surface area contributed by atoms with Crippen molar-refractivity contribution in [3.8, 4) is 11.3 Å². The van der Waals surface area contributed by atoms with Crippen molar-refractivity contribution >= 4 is 11.9 Å². The fraction of sp³-hybridized carbons (Fsp3) is 0.211.